The fourth-order valence-corrected chi connectivity index (χ4v) is 5.53. The van der Waals surface area contributed by atoms with Gasteiger partial charge in [0.15, 0.2) is 0 Å². The molecule has 3 unspecified atom stereocenters. The first kappa shape index (κ1) is 31.7. The van der Waals surface area contributed by atoms with E-state index in [1.807, 2.05) is 0 Å². The summed E-state index contributed by atoms with van der Waals surface area (Å²) in [5.74, 6) is -0.367. The first-order chi connectivity index (χ1) is 20.5. The summed E-state index contributed by atoms with van der Waals surface area (Å²) >= 11 is 0. The molecule has 0 spiro atoms. The lowest BCUT2D eigenvalue weighted by atomic mass is 9.88. The van der Waals surface area contributed by atoms with E-state index in [2.05, 4.69) is 86.3 Å². The van der Waals surface area contributed by atoms with Crippen molar-refractivity contribution >= 4 is 5.97 Å². The van der Waals surface area contributed by atoms with Crippen LogP contribution in [-0.4, -0.2) is 42.6 Å². The summed E-state index contributed by atoms with van der Waals surface area (Å²) in [5, 5.41) is 18.6. The lowest BCUT2D eigenvalue weighted by Gasteiger charge is -2.30. The second-order valence-electron chi connectivity index (χ2n) is 11.6. The molecule has 1 aliphatic heterocycles. The van der Waals surface area contributed by atoms with Gasteiger partial charge in [-0.3, -0.25) is 0 Å². The van der Waals surface area contributed by atoms with Crippen molar-refractivity contribution in [2.45, 2.75) is 70.3 Å². The predicted molar refractivity (Wildman–Crippen MR) is 168 cm³/mol. The van der Waals surface area contributed by atoms with Gasteiger partial charge in [-0.25, -0.2) is 4.79 Å². The van der Waals surface area contributed by atoms with Crippen molar-refractivity contribution in [3.8, 4) is 11.1 Å². The standard InChI is InChI=1S/C37H46O5/c1-3-4-5-6-28-9-13-31(14-10-28)32-17-19-33(20-18-32)35-21-22-36(41-26-35)34-15-11-29(12-16-34)7-8-30(24-39)25-42-37(40)27(2)23-38/h9-20,30,35-36,38-39H,2-8,21-26H2,1H3. The Morgan fingerprint density at radius 1 is 0.881 bits per heavy atom. The van der Waals surface area contributed by atoms with Crippen LogP contribution in [-0.2, 0) is 27.1 Å². The molecule has 1 heterocycles. The van der Waals surface area contributed by atoms with Gasteiger partial charge >= 0.3 is 5.97 Å². The SMILES string of the molecule is C=C(CO)C(=O)OCC(CO)CCc1ccc(C2CCC(c3ccc(-c4ccc(CCCCC)cc4)cc3)CO2)cc1. The number of aliphatic hydroxyl groups is 2. The minimum atomic E-state index is -0.620. The number of esters is 1. The molecular formula is C37H46O5. The summed E-state index contributed by atoms with van der Waals surface area (Å²) in [4.78, 5) is 11.7. The van der Waals surface area contributed by atoms with Crippen LogP contribution in [0.4, 0.5) is 0 Å². The maximum absolute atomic E-state index is 11.7. The molecule has 0 radical (unpaired) electrons. The van der Waals surface area contributed by atoms with Gasteiger partial charge in [0.05, 0.1) is 31.5 Å². The van der Waals surface area contributed by atoms with E-state index in [9.17, 15) is 9.90 Å². The van der Waals surface area contributed by atoms with Crippen molar-refractivity contribution in [1.82, 2.24) is 0 Å². The van der Waals surface area contributed by atoms with Gasteiger partial charge in [0.2, 0.25) is 0 Å². The zero-order chi connectivity index (χ0) is 29.7. The molecule has 42 heavy (non-hydrogen) atoms. The highest BCUT2D eigenvalue weighted by atomic mass is 16.5. The average molecular weight is 571 g/mol. The number of unbranched alkanes of at least 4 members (excludes halogenated alkanes) is 2. The van der Waals surface area contributed by atoms with E-state index in [0.717, 1.165) is 32.3 Å². The number of rotatable bonds is 15. The smallest absolute Gasteiger partial charge is 0.335 e. The predicted octanol–water partition coefficient (Wildman–Crippen LogP) is 7.35. The van der Waals surface area contributed by atoms with Crippen molar-refractivity contribution in [2.24, 2.45) is 5.92 Å². The lowest BCUT2D eigenvalue weighted by molar-refractivity contribution is -0.141. The van der Waals surface area contributed by atoms with Crippen LogP contribution < -0.4 is 0 Å². The van der Waals surface area contributed by atoms with E-state index in [1.54, 1.807) is 0 Å². The van der Waals surface area contributed by atoms with E-state index in [0.29, 0.717) is 12.3 Å². The molecule has 3 atom stereocenters. The first-order valence-corrected chi connectivity index (χ1v) is 15.5. The van der Waals surface area contributed by atoms with Crippen LogP contribution in [0.25, 0.3) is 11.1 Å². The first-order valence-electron chi connectivity index (χ1n) is 15.5. The van der Waals surface area contributed by atoms with Crippen LogP contribution in [0.1, 0.15) is 79.7 Å². The van der Waals surface area contributed by atoms with E-state index < -0.39 is 12.6 Å². The molecule has 2 N–H and O–H groups in total. The number of hydrogen-bond donors (Lipinski definition) is 2. The van der Waals surface area contributed by atoms with Gasteiger partial charge in [-0.2, -0.15) is 0 Å². The van der Waals surface area contributed by atoms with Crippen molar-refractivity contribution in [2.75, 3.05) is 26.4 Å². The van der Waals surface area contributed by atoms with Crippen molar-refractivity contribution in [3.63, 3.8) is 0 Å². The quantitative estimate of drug-likeness (QED) is 0.113. The largest absolute Gasteiger partial charge is 0.462 e. The Morgan fingerprint density at radius 2 is 1.50 bits per heavy atom. The van der Waals surface area contributed by atoms with Gasteiger partial charge in [0.1, 0.15) is 0 Å². The van der Waals surface area contributed by atoms with Gasteiger partial charge in [0.25, 0.3) is 0 Å². The summed E-state index contributed by atoms with van der Waals surface area (Å²) in [6.45, 7) is 6.04. The van der Waals surface area contributed by atoms with Crippen LogP contribution in [0.5, 0.6) is 0 Å². The number of aryl methyl sites for hydroxylation is 2. The molecule has 0 aromatic heterocycles. The summed E-state index contributed by atoms with van der Waals surface area (Å²) in [6, 6.07) is 26.6. The zero-order valence-electron chi connectivity index (χ0n) is 25.0. The molecule has 3 aromatic carbocycles. The molecule has 1 saturated heterocycles. The molecule has 5 nitrogen and oxygen atoms in total. The van der Waals surface area contributed by atoms with Crippen LogP contribution in [0.2, 0.25) is 0 Å². The fourth-order valence-electron chi connectivity index (χ4n) is 5.53. The highest BCUT2D eigenvalue weighted by Crippen LogP contribution is 2.36. The van der Waals surface area contributed by atoms with Crippen molar-refractivity contribution in [3.05, 3.63) is 107 Å². The van der Waals surface area contributed by atoms with Crippen LogP contribution in [0.15, 0.2) is 84.9 Å². The number of carbonyl (C=O) groups excluding carboxylic acids is 1. The zero-order valence-corrected chi connectivity index (χ0v) is 25.0. The molecule has 0 aliphatic carbocycles. The van der Waals surface area contributed by atoms with Crippen LogP contribution in [0, 0.1) is 5.92 Å². The van der Waals surface area contributed by atoms with Crippen LogP contribution >= 0.6 is 0 Å². The van der Waals surface area contributed by atoms with E-state index in [4.69, 9.17) is 14.6 Å². The van der Waals surface area contributed by atoms with Gasteiger partial charge < -0.3 is 19.7 Å². The minimum absolute atomic E-state index is 0.0193. The lowest BCUT2D eigenvalue weighted by Crippen LogP contribution is -2.20. The van der Waals surface area contributed by atoms with Crippen LogP contribution in [0.3, 0.4) is 0 Å². The van der Waals surface area contributed by atoms with Gasteiger partial charge in [-0.05, 0) is 71.9 Å². The highest BCUT2D eigenvalue weighted by Gasteiger charge is 2.24. The topological polar surface area (TPSA) is 76.0 Å². The monoisotopic (exact) mass is 570 g/mol. The number of carbonyl (C=O) groups is 1. The summed E-state index contributed by atoms with van der Waals surface area (Å²) in [6.07, 6.45) is 8.63. The fraction of sp³-hybridized carbons (Fsp3) is 0.432. The maximum Gasteiger partial charge on any atom is 0.335 e. The number of aliphatic hydroxyl groups excluding tert-OH is 2. The van der Waals surface area contributed by atoms with E-state index in [1.165, 1.54) is 52.6 Å². The molecule has 5 heteroatoms. The number of benzene rings is 3. The molecule has 1 aliphatic rings. The molecule has 0 amide bonds. The van der Waals surface area contributed by atoms with Gasteiger partial charge in [-0.1, -0.05) is 99.1 Å². The second-order valence-corrected chi connectivity index (χ2v) is 11.6. The third-order valence-corrected chi connectivity index (χ3v) is 8.39. The third kappa shape index (κ3) is 9.12. The third-order valence-electron chi connectivity index (χ3n) is 8.39. The Hall–Kier alpha value is -3.25. The second kappa shape index (κ2) is 16.4. The Labute approximate surface area is 251 Å². The van der Waals surface area contributed by atoms with E-state index in [-0.39, 0.29) is 30.8 Å². The average Bonchev–Trinajstić information content (AvgIpc) is 3.05. The number of hydrogen-bond acceptors (Lipinski definition) is 5. The normalized spacial score (nSPS) is 17.5. The maximum atomic E-state index is 11.7. The van der Waals surface area contributed by atoms with Gasteiger partial charge in [0, 0.05) is 18.4 Å². The molecule has 3 aromatic rings. The Morgan fingerprint density at radius 3 is 2.10 bits per heavy atom. The molecule has 0 bridgehead atoms. The van der Waals surface area contributed by atoms with Crippen molar-refractivity contribution in [1.29, 1.82) is 0 Å². The molecule has 0 saturated carbocycles. The molecule has 4 rings (SSSR count). The Kier molecular flexibility index (Phi) is 12.4. The summed E-state index contributed by atoms with van der Waals surface area (Å²) in [5.41, 5.74) is 7.67. The summed E-state index contributed by atoms with van der Waals surface area (Å²) in [7, 11) is 0. The Bertz CT molecular complexity index is 1240. The molecule has 224 valence electrons. The minimum Gasteiger partial charge on any atom is -0.462 e. The van der Waals surface area contributed by atoms with Crippen molar-refractivity contribution < 1.29 is 24.5 Å². The van der Waals surface area contributed by atoms with Gasteiger partial charge in [-0.15, -0.1) is 0 Å². The summed E-state index contributed by atoms with van der Waals surface area (Å²) < 4.78 is 11.5. The Balaban J connectivity index is 1.22. The highest BCUT2D eigenvalue weighted by molar-refractivity contribution is 5.87. The molecular weight excluding hydrogens is 524 g/mol. The van der Waals surface area contributed by atoms with E-state index >= 15 is 0 Å². The number of ether oxygens (including phenoxy) is 2. The molecule has 1 fully saturated rings.